The Balaban J connectivity index is 0.926. The highest BCUT2D eigenvalue weighted by Gasteiger charge is 2.63. The monoisotopic (exact) mass is 586 g/mol. The second-order valence-corrected chi connectivity index (χ2v) is 16.3. The quantitative estimate of drug-likeness (QED) is 0.118. The van der Waals surface area contributed by atoms with Crippen molar-refractivity contribution in [3.8, 4) is 0 Å². The third-order valence-corrected chi connectivity index (χ3v) is 13.6. The standard InChI is InChI=1S/C37H62O5/c1-34(2)27-21-23-36(34,5)30(25-27)41-32(39)19-15-11-7-9-13-17-29(38)18-14-10-8-12-16-20-33(40)42-31-26-28-22-24-37(31,6)35(28,3)4/h27-28,30-31H,7-26H2,1-6H3/t27-,28-,30+,31+,36+,37+/m1/s1. The molecule has 4 saturated carbocycles. The molecule has 42 heavy (non-hydrogen) atoms. The van der Waals surface area contributed by atoms with E-state index in [0.717, 1.165) is 77.0 Å². The Kier molecular flexibility index (Phi) is 10.9. The summed E-state index contributed by atoms with van der Waals surface area (Å²) in [4.78, 5) is 37.2. The van der Waals surface area contributed by atoms with E-state index in [1.165, 1.54) is 25.7 Å². The molecule has 0 radical (unpaired) electrons. The van der Waals surface area contributed by atoms with E-state index >= 15 is 0 Å². The smallest absolute Gasteiger partial charge is 0.306 e. The molecule has 0 amide bonds. The van der Waals surface area contributed by atoms with Crippen LogP contribution in [0.5, 0.6) is 0 Å². The number of esters is 2. The Morgan fingerprint density at radius 1 is 0.524 bits per heavy atom. The number of unbranched alkanes of at least 4 members (excludes halogenated alkanes) is 8. The molecule has 0 spiro atoms. The summed E-state index contributed by atoms with van der Waals surface area (Å²) >= 11 is 0. The predicted octanol–water partition coefficient (Wildman–Crippen LogP) is 9.53. The number of rotatable bonds is 18. The van der Waals surface area contributed by atoms with Crippen LogP contribution in [0.15, 0.2) is 0 Å². The van der Waals surface area contributed by atoms with Crippen LogP contribution in [0.3, 0.4) is 0 Å². The molecule has 4 rings (SSSR count). The summed E-state index contributed by atoms with van der Waals surface area (Å²) in [7, 11) is 0. The zero-order chi connectivity index (χ0) is 30.6. The highest BCUT2D eigenvalue weighted by molar-refractivity contribution is 5.78. The lowest BCUT2D eigenvalue weighted by Crippen LogP contribution is -2.38. The van der Waals surface area contributed by atoms with Gasteiger partial charge >= 0.3 is 11.9 Å². The van der Waals surface area contributed by atoms with Crippen molar-refractivity contribution < 1.29 is 23.9 Å². The topological polar surface area (TPSA) is 69.7 Å². The number of fused-ring (bicyclic) bond motifs is 4. The molecule has 6 atom stereocenters. The fourth-order valence-electron chi connectivity index (χ4n) is 9.42. The second-order valence-electron chi connectivity index (χ2n) is 16.3. The van der Waals surface area contributed by atoms with Crippen molar-refractivity contribution in [1.29, 1.82) is 0 Å². The summed E-state index contributed by atoms with van der Waals surface area (Å²) < 4.78 is 11.9. The van der Waals surface area contributed by atoms with Crippen LogP contribution in [0.1, 0.15) is 170 Å². The van der Waals surface area contributed by atoms with Crippen molar-refractivity contribution in [3.63, 3.8) is 0 Å². The van der Waals surface area contributed by atoms with E-state index in [1.807, 2.05) is 0 Å². The van der Waals surface area contributed by atoms with E-state index in [0.29, 0.717) is 43.3 Å². The lowest BCUT2D eigenvalue weighted by molar-refractivity contribution is -0.157. The zero-order valence-corrected chi connectivity index (χ0v) is 28.0. The van der Waals surface area contributed by atoms with E-state index in [-0.39, 0.29) is 45.8 Å². The molecule has 0 saturated heterocycles. The summed E-state index contributed by atoms with van der Waals surface area (Å²) in [5.74, 6) is 1.73. The van der Waals surface area contributed by atoms with Gasteiger partial charge in [-0.15, -0.1) is 0 Å². The van der Waals surface area contributed by atoms with Gasteiger partial charge in [0.1, 0.15) is 18.0 Å². The highest BCUT2D eigenvalue weighted by Crippen LogP contribution is 2.67. The maximum atomic E-state index is 12.4. The molecule has 240 valence electrons. The number of ketones is 1. The molecule has 0 heterocycles. The molecular weight excluding hydrogens is 524 g/mol. The molecule has 0 aromatic rings. The number of ether oxygens (including phenoxy) is 2. The van der Waals surface area contributed by atoms with Crippen LogP contribution in [0.25, 0.3) is 0 Å². The maximum absolute atomic E-state index is 12.4. The molecule has 0 aliphatic heterocycles. The number of hydrogen-bond acceptors (Lipinski definition) is 5. The van der Waals surface area contributed by atoms with Gasteiger partial charge in [0.15, 0.2) is 0 Å². The van der Waals surface area contributed by atoms with Crippen LogP contribution in [0, 0.1) is 33.5 Å². The summed E-state index contributed by atoms with van der Waals surface area (Å²) in [6, 6.07) is 0. The van der Waals surface area contributed by atoms with Crippen LogP contribution in [-0.4, -0.2) is 29.9 Å². The average Bonchev–Trinajstić information content (AvgIpc) is 3.44. The van der Waals surface area contributed by atoms with E-state index in [9.17, 15) is 14.4 Å². The first-order valence-corrected chi connectivity index (χ1v) is 17.7. The Morgan fingerprint density at radius 2 is 0.857 bits per heavy atom. The van der Waals surface area contributed by atoms with Crippen molar-refractivity contribution >= 4 is 17.7 Å². The van der Waals surface area contributed by atoms with E-state index in [2.05, 4.69) is 41.5 Å². The Morgan fingerprint density at radius 3 is 1.17 bits per heavy atom. The van der Waals surface area contributed by atoms with Crippen LogP contribution < -0.4 is 0 Å². The van der Waals surface area contributed by atoms with Gasteiger partial charge < -0.3 is 9.47 Å². The maximum Gasteiger partial charge on any atom is 0.306 e. The van der Waals surface area contributed by atoms with Crippen molar-refractivity contribution in [2.45, 2.75) is 182 Å². The van der Waals surface area contributed by atoms with Gasteiger partial charge in [0, 0.05) is 36.5 Å². The van der Waals surface area contributed by atoms with E-state index in [1.54, 1.807) is 0 Å². The van der Waals surface area contributed by atoms with Gasteiger partial charge in [0.25, 0.3) is 0 Å². The number of carbonyl (C=O) groups is 3. The summed E-state index contributed by atoms with van der Waals surface area (Å²) in [5, 5.41) is 0. The van der Waals surface area contributed by atoms with Gasteiger partial charge in [-0.1, -0.05) is 80.1 Å². The summed E-state index contributed by atoms with van der Waals surface area (Å²) in [5.41, 5.74) is 0.830. The fraction of sp³-hybridized carbons (Fsp3) is 0.919. The van der Waals surface area contributed by atoms with Gasteiger partial charge in [-0.3, -0.25) is 14.4 Å². The molecule has 5 heteroatoms. The lowest BCUT2D eigenvalue weighted by Gasteiger charge is -2.38. The molecule has 0 N–H and O–H groups in total. The molecule has 4 aliphatic rings. The second kappa shape index (κ2) is 13.7. The van der Waals surface area contributed by atoms with Crippen LogP contribution >= 0.6 is 0 Å². The molecule has 0 unspecified atom stereocenters. The van der Waals surface area contributed by atoms with E-state index < -0.39 is 0 Å². The largest absolute Gasteiger partial charge is 0.462 e. The van der Waals surface area contributed by atoms with Crippen molar-refractivity contribution in [3.05, 3.63) is 0 Å². The molecule has 4 bridgehead atoms. The fourth-order valence-corrected chi connectivity index (χ4v) is 9.42. The molecule has 4 fully saturated rings. The number of Topliss-reactive ketones (excluding diaryl/α,β-unsaturated/α-hetero) is 1. The summed E-state index contributed by atoms with van der Waals surface area (Å²) in [6.45, 7) is 14.1. The van der Waals surface area contributed by atoms with Gasteiger partial charge in [-0.25, -0.2) is 0 Å². The van der Waals surface area contributed by atoms with Crippen molar-refractivity contribution in [1.82, 2.24) is 0 Å². The van der Waals surface area contributed by atoms with Crippen LogP contribution in [0.4, 0.5) is 0 Å². The third-order valence-electron chi connectivity index (χ3n) is 13.6. The minimum Gasteiger partial charge on any atom is -0.462 e. The normalized spacial score (nSPS) is 33.7. The number of hydrogen-bond donors (Lipinski definition) is 0. The molecule has 0 aromatic carbocycles. The average molecular weight is 587 g/mol. The Bertz CT molecular complexity index is 878. The first-order valence-electron chi connectivity index (χ1n) is 17.7. The van der Waals surface area contributed by atoms with Crippen LogP contribution in [-0.2, 0) is 23.9 Å². The predicted molar refractivity (Wildman–Crippen MR) is 168 cm³/mol. The summed E-state index contributed by atoms with van der Waals surface area (Å²) in [6.07, 6.45) is 19.6. The van der Waals surface area contributed by atoms with Crippen LogP contribution in [0.2, 0.25) is 0 Å². The third kappa shape index (κ3) is 6.96. The van der Waals surface area contributed by atoms with Gasteiger partial charge in [-0.05, 0) is 86.9 Å². The van der Waals surface area contributed by atoms with E-state index in [4.69, 9.17) is 9.47 Å². The highest BCUT2D eigenvalue weighted by atomic mass is 16.5. The molecule has 4 aliphatic carbocycles. The number of carbonyl (C=O) groups excluding carboxylic acids is 3. The lowest BCUT2D eigenvalue weighted by atomic mass is 9.70. The Labute approximate surface area is 257 Å². The van der Waals surface area contributed by atoms with Gasteiger partial charge in [0.05, 0.1) is 0 Å². The SMILES string of the molecule is CC1(C)[C@@H]2CC[C@@]1(C)[C@@H](OC(=O)CCCCCCCC(=O)CCCCCCCC(=O)O[C@H]1C[C@H]3CC[C@]1(C)C3(C)C)C2. The molecule has 5 nitrogen and oxygen atoms in total. The first-order chi connectivity index (χ1) is 19.8. The zero-order valence-electron chi connectivity index (χ0n) is 28.0. The Hall–Kier alpha value is -1.39. The van der Waals surface area contributed by atoms with Crippen molar-refractivity contribution in [2.24, 2.45) is 33.5 Å². The first kappa shape index (κ1) is 33.5. The van der Waals surface area contributed by atoms with Gasteiger partial charge in [0.2, 0.25) is 0 Å². The minimum atomic E-state index is -0.0195. The molecular formula is C37H62O5. The molecule has 0 aromatic heterocycles. The van der Waals surface area contributed by atoms with Gasteiger partial charge in [-0.2, -0.15) is 0 Å². The van der Waals surface area contributed by atoms with Crippen molar-refractivity contribution in [2.75, 3.05) is 0 Å². The minimum absolute atomic E-state index is 0.0195.